The van der Waals surface area contributed by atoms with Crippen molar-refractivity contribution >= 4 is 5.91 Å². The molecule has 3 rings (SSSR count). The summed E-state index contributed by atoms with van der Waals surface area (Å²) in [6, 6.07) is 10.8. The van der Waals surface area contributed by atoms with Crippen LogP contribution in [-0.2, 0) is 0 Å². The average Bonchev–Trinajstić information content (AvgIpc) is 3.35. The summed E-state index contributed by atoms with van der Waals surface area (Å²) in [4.78, 5) is 14.9. The first kappa shape index (κ1) is 16.0. The fourth-order valence-corrected chi connectivity index (χ4v) is 3.07. The Balaban J connectivity index is 0.000000497. The molecule has 1 aromatic carbocycles. The lowest BCUT2D eigenvalue weighted by molar-refractivity contribution is 0.0614. The minimum atomic E-state index is 0.250. The molecule has 1 N–H and O–H groups in total. The zero-order chi connectivity index (χ0) is 15.1. The fraction of sp³-hybridized carbons (Fsp3) is 0.611. The van der Waals surface area contributed by atoms with Crippen molar-refractivity contribution in [3.05, 3.63) is 35.9 Å². The van der Waals surface area contributed by atoms with Crippen molar-refractivity contribution in [2.45, 2.75) is 64.0 Å². The van der Waals surface area contributed by atoms with Crippen LogP contribution in [0.25, 0.3) is 0 Å². The van der Waals surface area contributed by atoms with Crippen LogP contribution in [0.15, 0.2) is 30.3 Å². The van der Waals surface area contributed by atoms with Crippen LogP contribution in [0.2, 0.25) is 0 Å². The van der Waals surface area contributed by atoms with Crippen molar-refractivity contribution in [1.82, 2.24) is 4.90 Å². The van der Waals surface area contributed by atoms with Gasteiger partial charge >= 0.3 is 0 Å². The van der Waals surface area contributed by atoms with Crippen LogP contribution in [0, 0.1) is 0 Å². The van der Waals surface area contributed by atoms with Crippen LogP contribution < -0.4 is 0 Å². The number of rotatable bonds is 3. The second-order valence-corrected chi connectivity index (χ2v) is 5.92. The molecule has 0 saturated heterocycles. The van der Waals surface area contributed by atoms with E-state index in [4.69, 9.17) is 5.11 Å². The molecule has 0 bridgehead atoms. The van der Waals surface area contributed by atoms with E-state index in [1.165, 1.54) is 44.9 Å². The summed E-state index contributed by atoms with van der Waals surface area (Å²) in [6.45, 7) is 1.93. The summed E-state index contributed by atoms with van der Waals surface area (Å²) >= 11 is 0. The van der Waals surface area contributed by atoms with Gasteiger partial charge in [-0.2, -0.15) is 0 Å². The van der Waals surface area contributed by atoms with E-state index in [0.29, 0.717) is 12.1 Å². The molecule has 0 heterocycles. The van der Waals surface area contributed by atoms with E-state index in [0.717, 1.165) is 5.56 Å². The van der Waals surface area contributed by atoms with Gasteiger partial charge in [0.1, 0.15) is 0 Å². The second kappa shape index (κ2) is 8.18. The molecule has 0 aromatic heterocycles. The van der Waals surface area contributed by atoms with E-state index in [1.54, 1.807) is 6.92 Å². The lowest BCUT2D eigenvalue weighted by atomic mass is 9.93. The summed E-state index contributed by atoms with van der Waals surface area (Å²) in [5.41, 5.74) is 0.856. The van der Waals surface area contributed by atoms with Gasteiger partial charge < -0.3 is 10.0 Å². The molecule has 2 fully saturated rings. The van der Waals surface area contributed by atoms with Gasteiger partial charge in [-0.05, 0) is 44.7 Å². The predicted molar refractivity (Wildman–Crippen MR) is 85.3 cm³/mol. The normalized spacial score (nSPS) is 18.6. The summed E-state index contributed by atoms with van der Waals surface area (Å²) in [5.74, 6) is 0.255. The monoisotopic (exact) mass is 289 g/mol. The van der Waals surface area contributed by atoms with Gasteiger partial charge in [-0.1, -0.05) is 37.5 Å². The molecule has 1 aromatic rings. The van der Waals surface area contributed by atoms with E-state index in [-0.39, 0.29) is 12.5 Å². The van der Waals surface area contributed by atoms with Crippen molar-refractivity contribution in [2.75, 3.05) is 6.61 Å². The smallest absolute Gasteiger partial charge is 0.254 e. The van der Waals surface area contributed by atoms with E-state index >= 15 is 0 Å². The second-order valence-electron chi connectivity index (χ2n) is 5.92. The molecule has 0 spiro atoms. The molecule has 21 heavy (non-hydrogen) atoms. The highest BCUT2D eigenvalue weighted by Gasteiger charge is 2.37. The number of aliphatic hydroxyl groups excluding tert-OH is 1. The van der Waals surface area contributed by atoms with Crippen LogP contribution >= 0.6 is 0 Å². The van der Waals surface area contributed by atoms with Crippen molar-refractivity contribution in [2.24, 2.45) is 0 Å². The maximum Gasteiger partial charge on any atom is 0.254 e. The molecule has 116 valence electrons. The van der Waals surface area contributed by atoms with Crippen LogP contribution in [0.5, 0.6) is 0 Å². The highest BCUT2D eigenvalue weighted by Crippen LogP contribution is 2.34. The van der Waals surface area contributed by atoms with Gasteiger partial charge in [-0.15, -0.1) is 0 Å². The number of nitrogens with zero attached hydrogens (tertiary/aromatic N) is 1. The van der Waals surface area contributed by atoms with Gasteiger partial charge in [0.15, 0.2) is 0 Å². The SMILES string of the molecule is CCO.O=C(c1ccccc1)N(C1CCCCC1)C1CC1. The third kappa shape index (κ3) is 4.57. The van der Waals surface area contributed by atoms with E-state index in [1.807, 2.05) is 30.3 Å². The molecule has 0 atom stereocenters. The number of hydrogen-bond acceptors (Lipinski definition) is 2. The largest absolute Gasteiger partial charge is 0.397 e. The van der Waals surface area contributed by atoms with Crippen LogP contribution in [-0.4, -0.2) is 34.6 Å². The standard InChI is InChI=1S/C16H21NO.C2H6O/c18-16(13-7-3-1-4-8-13)17(15-11-12-15)14-9-5-2-6-10-14;1-2-3/h1,3-4,7-8,14-15H,2,5-6,9-12H2;3H,2H2,1H3. The number of amides is 1. The van der Waals surface area contributed by atoms with Gasteiger partial charge in [0.25, 0.3) is 5.91 Å². The molecule has 0 unspecified atom stereocenters. The highest BCUT2D eigenvalue weighted by atomic mass is 16.2. The topological polar surface area (TPSA) is 40.5 Å². The Morgan fingerprint density at radius 2 is 1.57 bits per heavy atom. The van der Waals surface area contributed by atoms with Crippen molar-refractivity contribution in [3.8, 4) is 0 Å². The quantitative estimate of drug-likeness (QED) is 0.923. The summed E-state index contributed by atoms with van der Waals surface area (Å²) in [5, 5.41) is 7.57. The molecule has 3 heteroatoms. The van der Waals surface area contributed by atoms with E-state index < -0.39 is 0 Å². The van der Waals surface area contributed by atoms with E-state index in [2.05, 4.69) is 4.90 Å². The molecule has 2 saturated carbocycles. The van der Waals surface area contributed by atoms with Crippen molar-refractivity contribution < 1.29 is 9.90 Å². The number of benzene rings is 1. The molecular formula is C18H27NO2. The third-order valence-corrected chi connectivity index (χ3v) is 4.16. The first-order valence-corrected chi connectivity index (χ1v) is 8.26. The Bertz CT molecular complexity index is 422. The Kier molecular flexibility index (Phi) is 6.24. The third-order valence-electron chi connectivity index (χ3n) is 4.16. The van der Waals surface area contributed by atoms with Gasteiger partial charge in [-0.3, -0.25) is 4.79 Å². The molecule has 2 aliphatic rings. The van der Waals surface area contributed by atoms with Crippen LogP contribution in [0.3, 0.4) is 0 Å². The maximum absolute atomic E-state index is 12.7. The minimum absolute atomic E-state index is 0.250. The Hall–Kier alpha value is -1.35. The highest BCUT2D eigenvalue weighted by molar-refractivity contribution is 5.94. The first-order chi connectivity index (χ1) is 10.3. The zero-order valence-corrected chi connectivity index (χ0v) is 13.0. The van der Waals surface area contributed by atoms with Crippen molar-refractivity contribution in [3.63, 3.8) is 0 Å². The molecule has 1 amide bonds. The van der Waals surface area contributed by atoms with Gasteiger partial charge in [0, 0.05) is 24.3 Å². The Morgan fingerprint density at radius 1 is 1.05 bits per heavy atom. The maximum atomic E-state index is 12.7. The predicted octanol–water partition coefficient (Wildman–Crippen LogP) is 3.62. The number of aliphatic hydroxyl groups is 1. The molecular weight excluding hydrogens is 262 g/mol. The zero-order valence-electron chi connectivity index (χ0n) is 13.0. The summed E-state index contributed by atoms with van der Waals surface area (Å²) in [7, 11) is 0. The lowest BCUT2D eigenvalue weighted by Crippen LogP contribution is -2.43. The van der Waals surface area contributed by atoms with Crippen molar-refractivity contribution in [1.29, 1.82) is 0 Å². The lowest BCUT2D eigenvalue weighted by Gasteiger charge is -2.34. The number of carbonyl (C=O) groups is 1. The number of hydrogen-bond donors (Lipinski definition) is 1. The van der Waals surface area contributed by atoms with Gasteiger partial charge in [0.05, 0.1) is 0 Å². The molecule has 0 radical (unpaired) electrons. The summed E-state index contributed by atoms with van der Waals surface area (Å²) < 4.78 is 0. The van der Waals surface area contributed by atoms with Gasteiger partial charge in [0.2, 0.25) is 0 Å². The first-order valence-electron chi connectivity index (χ1n) is 8.26. The number of carbonyl (C=O) groups excluding carboxylic acids is 1. The molecule has 3 nitrogen and oxygen atoms in total. The molecule has 0 aliphatic heterocycles. The van der Waals surface area contributed by atoms with Gasteiger partial charge in [-0.25, -0.2) is 0 Å². The minimum Gasteiger partial charge on any atom is -0.397 e. The fourth-order valence-electron chi connectivity index (χ4n) is 3.07. The van der Waals surface area contributed by atoms with Crippen LogP contribution in [0.1, 0.15) is 62.2 Å². The molecule has 2 aliphatic carbocycles. The average molecular weight is 289 g/mol. The van der Waals surface area contributed by atoms with Crippen LogP contribution in [0.4, 0.5) is 0 Å². The Labute approximate surface area is 128 Å². The summed E-state index contributed by atoms with van der Waals surface area (Å²) in [6.07, 6.45) is 8.73. The Morgan fingerprint density at radius 3 is 2.10 bits per heavy atom. The van der Waals surface area contributed by atoms with E-state index in [9.17, 15) is 4.79 Å².